The van der Waals surface area contributed by atoms with Crippen LogP contribution in [0.25, 0.3) is 0 Å². The maximum absolute atomic E-state index is 12.2. The van der Waals surface area contributed by atoms with Gasteiger partial charge in [-0.15, -0.1) is 10.2 Å². The number of rotatable bonds is 7. The second kappa shape index (κ2) is 8.27. The number of methoxy groups -OCH3 is 1. The molecule has 0 atom stereocenters. The molecule has 0 aliphatic carbocycles. The SMILES string of the molecule is COC(=O)CSc1nnc(NC(=O)c2cccc(NS(C)(=O)=O)c2)s1. The number of ether oxygens (including phenoxy) is 1. The van der Waals surface area contributed by atoms with Gasteiger partial charge in [-0.05, 0) is 18.2 Å². The van der Waals surface area contributed by atoms with Crippen LogP contribution in [0.15, 0.2) is 28.6 Å². The van der Waals surface area contributed by atoms with Crippen molar-refractivity contribution in [1.82, 2.24) is 10.2 Å². The Bertz CT molecular complexity index is 881. The van der Waals surface area contributed by atoms with Crippen LogP contribution in [0.1, 0.15) is 10.4 Å². The zero-order chi connectivity index (χ0) is 18.4. The summed E-state index contributed by atoms with van der Waals surface area (Å²) in [6.07, 6.45) is 1.02. The normalized spacial score (nSPS) is 11.0. The molecule has 12 heteroatoms. The molecule has 0 fully saturated rings. The molecule has 0 unspecified atom stereocenters. The van der Waals surface area contributed by atoms with Crippen LogP contribution < -0.4 is 10.0 Å². The molecule has 0 bridgehead atoms. The highest BCUT2D eigenvalue weighted by Gasteiger charge is 2.13. The lowest BCUT2D eigenvalue weighted by Crippen LogP contribution is -2.13. The van der Waals surface area contributed by atoms with Crippen molar-refractivity contribution < 1.29 is 22.7 Å². The molecule has 0 radical (unpaired) electrons. The molecule has 2 rings (SSSR count). The molecule has 2 aromatic rings. The van der Waals surface area contributed by atoms with E-state index in [-0.39, 0.29) is 28.1 Å². The van der Waals surface area contributed by atoms with Crippen LogP contribution in [-0.4, -0.2) is 49.6 Å². The van der Waals surface area contributed by atoms with Gasteiger partial charge in [0.2, 0.25) is 15.2 Å². The Hall–Kier alpha value is -2.18. The van der Waals surface area contributed by atoms with Gasteiger partial charge in [0.25, 0.3) is 5.91 Å². The van der Waals surface area contributed by atoms with Crippen molar-refractivity contribution in [2.24, 2.45) is 0 Å². The second-order valence-electron chi connectivity index (χ2n) is 4.65. The minimum atomic E-state index is -3.43. The van der Waals surface area contributed by atoms with E-state index in [0.717, 1.165) is 29.4 Å². The summed E-state index contributed by atoms with van der Waals surface area (Å²) in [5.74, 6) is -0.753. The van der Waals surface area contributed by atoms with Crippen molar-refractivity contribution in [3.8, 4) is 0 Å². The first-order chi connectivity index (χ1) is 11.8. The number of nitrogens with zero attached hydrogens (tertiary/aromatic N) is 2. The lowest BCUT2D eigenvalue weighted by molar-refractivity contribution is -0.137. The van der Waals surface area contributed by atoms with Crippen LogP contribution in [0.4, 0.5) is 10.8 Å². The number of nitrogens with one attached hydrogen (secondary N) is 2. The number of amides is 1. The molecule has 1 aromatic carbocycles. The minimum Gasteiger partial charge on any atom is -0.468 e. The number of anilines is 2. The largest absolute Gasteiger partial charge is 0.468 e. The topological polar surface area (TPSA) is 127 Å². The lowest BCUT2D eigenvalue weighted by Gasteiger charge is -2.06. The number of sulfonamides is 1. The van der Waals surface area contributed by atoms with E-state index < -0.39 is 15.9 Å². The summed E-state index contributed by atoms with van der Waals surface area (Å²) in [5.41, 5.74) is 0.536. The van der Waals surface area contributed by atoms with Gasteiger partial charge < -0.3 is 4.74 Å². The van der Waals surface area contributed by atoms with Gasteiger partial charge in [0.05, 0.1) is 19.1 Å². The number of carbonyl (C=O) groups excluding carboxylic acids is 2. The fourth-order valence-corrected chi connectivity index (χ4v) is 3.74. The molecule has 0 saturated carbocycles. The third kappa shape index (κ3) is 6.32. The van der Waals surface area contributed by atoms with Gasteiger partial charge >= 0.3 is 5.97 Å². The highest BCUT2D eigenvalue weighted by molar-refractivity contribution is 8.01. The van der Waals surface area contributed by atoms with Gasteiger partial charge in [-0.2, -0.15) is 0 Å². The number of carbonyl (C=O) groups is 2. The number of hydrogen-bond acceptors (Lipinski definition) is 9. The van der Waals surface area contributed by atoms with Crippen LogP contribution in [0.5, 0.6) is 0 Å². The summed E-state index contributed by atoms with van der Waals surface area (Å²) in [6.45, 7) is 0. The first-order valence-electron chi connectivity index (χ1n) is 6.69. The predicted molar refractivity (Wildman–Crippen MR) is 95.5 cm³/mol. The Morgan fingerprint density at radius 3 is 2.76 bits per heavy atom. The summed E-state index contributed by atoms with van der Waals surface area (Å²) in [6, 6.07) is 6.03. The van der Waals surface area contributed by atoms with Crippen molar-refractivity contribution in [3.63, 3.8) is 0 Å². The molecule has 1 heterocycles. The van der Waals surface area contributed by atoms with E-state index in [1.807, 2.05) is 0 Å². The number of aromatic nitrogens is 2. The maximum Gasteiger partial charge on any atom is 0.316 e. The second-order valence-corrected chi connectivity index (χ2v) is 8.60. The molecular formula is C13H14N4O5S3. The smallest absolute Gasteiger partial charge is 0.316 e. The monoisotopic (exact) mass is 402 g/mol. The number of esters is 1. The molecular weight excluding hydrogens is 388 g/mol. The molecule has 0 aliphatic rings. The number of benzene rings is 1. The van der Waals surface area contributed by atoms with Gasteiger partial charge in [-0.3, -0.25) is 19.6 Å². The van der Waals surface area contributed by atoms with E-state index in [1.54, 1.807) is 6.07 Å². The Labute approximate surface area is 152 Å². The van der Waals surface area contributed by atoms with Gasteiger partial charge in [0.15, 0.2) is 4.34 Å². The molecule has 9 nitrogen and oxygen atoms in total. The third-order valence-corrected chi connectivity index (χ3v) is 5.15. The molecule has 2 N–H and O–H groups in total. The van der Waals surface area contributed by atoms with Crippen LogP contribution in [0.3, 0.4) is 0 Å². The third-order valence-electron chi connectivity index (χ3n) is 2.60. The van der Waals surface area contributed by atoms with Gasteiger partial charge in [0, 0.05) is 11.3 Å². The molecule has 0 spiro atoms. The molecule has 1 amide bonds. The van der Waals surface area contributed by atoms with Crippen molar-refractivity contribution in [2.45, 2.75) is 4.34 Å². The lowest BCUT2D eigenvalue weighted by atomic mass is 10.2. The average Bonchev–Trinajstić information content (AvgIpc) is 2.98. The average molecular weight is 402 g/mol. The van der Waals surface area contributed by atoms with E-state index in [0.29, 0.717) is 4.34 Å². The Kier molecular flexibility index (Phi) is 6.33. The molecule has 0 aliphatic heterocycles. The Morgan fingerprint density at radius 1 is 1.32 bits per heavy atom. The zero-order valence-corrected chi connectivity index (χ0v) is 15.6. The van der Waals surface area contributed by atoms with Crippen LogP contribution in [-0.2, 0) is 19.6 Å². The van der Waals surface area contributed by atoms with Crippen LogP contribution in [0.2, 0.25) is 0 Å². The maximum atomic E-state index is 12.2. The fraction of sp³-hybridized carbons (Fsp3) is 0.231. The molecule has 25 heavy (non-hydrogen) atoms. The van der Waals surface area contributed by atoms with Gasteiger partial charge in [0.1, 0.15) is 0 Å². The van der Waals surface area contributed by atoms with Crippen molar-refractivity contribution in [1.29, 1.82) is 0 Å². The Balaban J connectivity index is 2.01. The number of thioether (sulfide) groups is 1. The van der Waals surface area contributed by atoms with Crippen molar-refractivity contribution >= 4 is 55.8 Å². The Morgan fingerprint density at radius 2 is 2.08 bits per heavy atom. The fourth-order valence-electron chi connectivity index (χ4n) is 1.61. The first-order valence-corrected chi connectivity index (χ1v) is 10.4. The summed E-state index contributed by atoms with van der Waals surface area (Å²) in [7, 11) is -2.14. The summed E-state index contributed by atoms with van der Waals surface area (Å²) in [5, 5.41) is 10.5. The summed E-state index contributed by atoms with van der Waals surface area (Å²) >= 11 is 2.26. The summed E-state index contributed by atoms with van der Waals surface area (Å²) in [4.78, 5) is 23.3. The zero-order valence-electron chi connectivity index (χ0n) is 13.2. The van der Waals surface area contributed by atoms with Crippen molar-refractivity contribution in [2.75, 3.05) is 29.2 Å². The quantitative estimate of drug-likeness (QED) is 0.404. The van der Waals surface area contributed by atoms with Crippen LogP contribution in [0, 0.1) is 0 Å². The molecule has 0 saturated heterocycles. The summed E-state index contributed by atoms with van der Waals surface area (Å²) < 4.78 is 29.8. The van der Waals surface area contributed by atoms with Crippen molar-refractivity contribution in [3.05, 3.63) is 29.8 Å². The first kappa shape index (κ1) is 19.1. The highest BCUT2D eigenvalue weighted by atomic mass is 32.2. The van der Waals surface area contributed by atoms with Gasteiger partial charge in [-0.25, -0.2) is 8.42 Å². The molecule has 1 aromatic heterocycles. The molecule has 134 valence electrons. The van der Waals surface area contributed by atoms with E-state index >= 15 is 0 Å². The van der Waals surface area contributed by atoms with E-state index in [4.69, 9.17) is 0 Å². The minimum absolute atomic E-state index is 0.0955. The van der Waals surface area contributed by atoms with Crippen LogP contribution >= 0.6 is 23.1 Å². The van der Waals surface area contributed by atoms with E-state index in [2.05, 4.69) is 25.0 Å². The highest BCUT2D eigenvalue weighted by Crippen LogP contribution is 2.26. The van der Waals surface area contributed by atoms with E-state index in [1.165, 1.54) is 25.3 Å². The van der Waals surface area contributed by atoms with E-state index in [9.17, 15) is 18.0 Å². The number of hydrogen-bond donors (Lipinski definition) is 2. The standard InChI is InChI=1S/C13H14N4O5S3/c1-22-10(18)7-23-13-16-15-12(24-13)14-11(19)8-4-3-5-9(6-8)17-25(2,20)21/h3-6,17H,7H2,1-2H3,(H,14,15,19). The predicted octanol–water partition coefficient (Wildman–Crippen LogP) is 1.43. The van der Waals surface area contributed by atoms with Gasteiger partial charge in [-0.1, -0.05) is 29.2 Å².